The van der Waals surface area contributed by atoms with Gasteiger partial charge in [0.2, 0.25) is 0 Å². The Morgan fingerprint density at radius 2 is 1.65 bits per heavy atom. The van der Waals surface area contributed by atoms with E-state index in [1.165, 1.54) is 17.7 Å². The van der Waals surface area contributed by atoms with E-state index < -0.39 is 0 Å². The van der Waals surface area contributed by atoms with Gasteiger partial charge >= 0.3 is 0 Å². The van der Waals surface area contributed by atoms with Crippen molar-refractivity contribution in [3.63, 3.8) is 0 Å². The SMILES string of the molecule is CN1CCCN(c2ccc(Cl)cc2)C1c1ccccc1. The molecule has 0 N–H and O–H groups in total. The van der Waals surface area contributed by atoms with E-state index in [1.807, 2.05) is 12.1 Å². The molecule has 0 aliphatic carbocycles. The van der Waals surface area contributed by atoms with Gasteiger partial charge in [0.1, 0.15) is 6.17 Å². The van der Waals surface area contributed by atoms with Crippen LogP contribution in [0, 0.1) is 0 Å². The average Bonchev–Trinajstić information content (AvgIpc) is 2.49. The van der Waals surface area contributed by atoms with E-state index in [0.29, 0.717) is 6.17 Å². The van der Waals surface area contributed by atoms with Gasteiger partial charge < -0.3 is 4.90 Å². The summed E-state index contributed by atoms with van der Waals surface area (Å²) in [4.78, 5) is 4.86. The standard InChI is InChI=1S/C17H19ClN2/c1-19-12-5-13-20(16-10-8-15(18)9-11-16)17(19)14-6-3-2-4-7-14/h2-4,6-11,17H,5,12-13H2,1H3. The third-order valence-electron chi connectivity index (χ3n) is 3.88. The normalized spacial score (nSPS) is 20.1. The highest BCUT2D eigenvalue weighted by molar-refractivity contribution is 6.30. The minimum atomic E-state index is 0.297. The third-order valence-corrected chi connectivity index (χ3v) is 4.13. The summed E-state index contributed by atoms with van der Waals surface area (Å²) < 4.78 is 0. The van der Waals surface area contributed by atoms with Crippen molar-refractivity contribution in [2.75, 3.05) is 25.0 Å². The molecule has 1 aliphatic heterocycles. The molecule has 2 aromatic rings. The van der Waals surface area contributed by atoms with Gasteiger partial charge in [0.25, 0.3) is 0 Å². The van der Waals surface area contributed by atoms with E-state index in [4.69, 9.17) is 11.6 Å². The van der Waals surface area contributed by atoms with Crippen LogP contribution in [0.5, 0.6) is 0 Å². The Balaban J connectivity index is 1.96. The van der Waals surface area contributed by atoms with Crippen LogP contribution in [0.4, 0.5) is 5.69 Å². The Morgan fingerprint density at radius 3 is 2.35 bits per heavy atom. The average molecular weight is 287 g/mol. The molecule has 0 radical (unpaired) electrons. The van der Waals surface area contributed by atoms with Crippen LogP contribution in [0.15, 0.2) is 54.6 Å². The van der Waals surface area contributed by atoms with Crippen molar-refractivity contribution < 1.29 is 0 Å². The second-order valence-electron chi connectivity index (χ2n) is 5.29. The van der Waals surface area contributed by atoms with Crippen molar-refractivity contribution in [1.29, 1.82) is 0 Å². The zero-order chi connectivity index (χ0) is 13.9. The molecule has 2 nitrogen and oxygen atoms in total. The van der Waals surface area contributed by atoms with E-state index in [-0.39, 0.29) is 0 Å². The van der Waals surface area contributed by atoms with E-state index in [2.05, 4.69) is 59.3 Å². The number of rotatable bonds is 2. The zero-order valence-electron chi connectivity index (χ0n) is 11.7. The molecule has 1 atom stereocenters. The van der Waals surface area contributed by atoms with Crippen molar-refractivity contribution in [2.24, 2.45) is 0 Å². The van der Waals surface area contributed by atoms with Gasteiger partial charge in [-0.15, -0.1) is 0 Å². The van der Waals surface area contributed by atoms with Crippen LogP contribution in [0.1, 0.15) is 18.2 Å². The number of hydrogen-bond donors (Lipinski definition) is 0. The summed E-state index contributed by atoms with van der Waals surface area (Å²) in [5.41, 5.74) is 2.57. The van der Waals surface area contributed by atoms with Gasteiger partial charge in [0.05, 0.1) is 0 Å². The van der Waals surface area contributed by atoms with Crippen LogP contribution in [0.2, 0.25) is 5.02 Å². The first-order chi connectivity index (χ1) is 9.75. The minimum Gasteiger partial charge on any atom is -0.352 e. The predicted molar refractivity (Wildman–Crippen MR) is 85.2 cm³/mol. The van der Waals surface area contributed by atoms with Gasteiger partial charge in [-0.3, -0.25) is 4.90 Å². The number of benzene rings is 2. The smallest absolute Gasteiger partial charge is 0.108 e. The fourth-order valence-electron chi connectivity index (χ4n) is 2.94. The zero-order valence-corrected chi connectivity index (χ0v) is 12.4. The molecule has 0 bridgehead atoms. The summed E-state index contributed by atoms with van der Waals surface area (Å²) in [5, 5.41) is 0.787. The molecule has 0 amide bonds. The number of halogens is 1. The second-order valence-corrected chi connectivity index (χ2v) is 5.72. The van der Waals surface area contributed by atoms with E-state index in [1.54, 1.807) is 0 Å². The summed E-state index contributed by atoms with van der Waals surface area (Å²) in [5.74, 6) is 0. The largest absolute Gasteiger partial charge is 0.352 e. The van der Waals surface area contributed by atoms with Gasteiger partial charge in [-0.2, -0.15) is 0 Å². The summed E-state index contributed by atoms with van der Waals surface area (Å²) >= 11 is 6.00. The quantitative estimate of drug-likeness (QED) is 0.817. The molecule has 0 aromatic heterocycles. The number of nitrogens with zero attached hydrogens (tertiary/aromatic N) is 2. The Hall–Kier alpha value is -1.51. The van der Waals surface area contributed by atoms with E-state index in [0.717, 1.165) is 18.1 Å². The van der Waals surface area contributed by atoms with Crippen LogP contribution >= 0.6 is 11.6 Å². The molecular formula is C17H19ClN2. The Kier molecular flexibility index (Phi) is 3.95. The lowest BCUT2D eigenvalue weighted by atomic mass is 10.1. The Bertz CT molecular complexity index is 553. The third kappa shape index (κ3) is 2.67. The fraction of sp³-hybridized carbons (Fsp3) is 0.294. The lowest BCUT2D eigenvalue weighted by Crippen LogP contribution is -2.46. The molecule has 2 aromatic carbocycles. The molecule has 3 heteroatoms. The monoisotopic (exact) mass is 286 g/mol. The first-order valence-electron chi connectivity index (χ1n) is 7.03. The first kappa shape index (κ1) is 13.5. The first-order valence-corrected chi connectivity index (χ1v) is 7.41. The maximum atomic E-state index is 6.00. The number of anilines is 1. The molecule has 3 rings (SSSR count). The highest BCUT2D eigenvalue weighted by atomic mass is 35.5. The highest BCUT2D eigenvalue weighted by Crippen LogP contribution is 2.33. The molecule has 1 fully saturated rings. The summed E-state index contributed by atoms with van der Waals surface area (Å²) in [6.07, 6.45) is 1.48. The van der Waals surface area contributed by atoms with Gasteiger partial charge in [0, 0.05) is 23.8 Å². The van der Waals surface area contributed by atoms with Gasteiger partial charge in [-0.25, -0.2) is 0 Å². The van der Waals surface area contributed by atoms with Crippen LogP contribution in [0.25, 0.3) is 0 Å². The summed E-state index contributed by atoms with van der Waals surface area (Å²) in [7, 11) is 2.19. The molecule has 0 spiro atoms. The van der Waals surface area contributed by atoms with Crippen LogP contribution in [0.3, 0.4) is 0 Å². The summed E-state index contributed by atoms with van der Waals surface area (Å²) in [6, 6.07) is 18.8. The maximum Gasteiger partial charge on any atom is 0.108 e. The van der Waals surface area contributed by atoms with Crippen LogP contribution < -0.4 is 4.90 Å². The van der Waals surface area contributed by atoms with E-state index >= 15 is 0 Å². The van der Waals surface area contributed by atoms with Gasteiger partial charge in [-0.1, -0.05) is 41.9 Å². The minimum absolute atomic E-state index is 0.297. The highest BCUT2D eigenvalue weighted by Gasteiger charge is 2.28. The van der Waals surface area contributed by atoms with Crippen molar-refractivity contribution in [3.8, 4) is 0 Å². The van der Waals surface area contributed by atoms with E-state index in [9.17, 15) is 0 Å². The molecule has 20 heavy (non-hydrogen) atoms. The Labute approximate surface area is 125 Å². The number of hydrogen-bond acceptors (Lipinski definition) is 2. The van der Waals surface area contributed by atoms with Crippen molar-refractivity contribution >= 4 is 17.3 Å². The molecule has 1 aliphatic rings. The predicted octanol–water partition coefficient (Wildman–Crippen LogP) is 4.18. The van der Waals surface area contributed by atoms with Crippen LogP contribution in [-0.2, 0) is 0 Å². The topological polar surface area (TPSA) is 6.48 Å². The maximum absolute atomic E-state index is 6.00. The molecule has 104 valence electrons. The molecule has 1 unspecified atom stereocenters. The van der Waals surface area contributed by atoms with Gasteiger partial charge in [-0.05, 0) is 43.3 Å². The van der Waals surface area contributed by atoms with Crippen molar-refractivity contribution in [1.82, 2.24) is 4.90 Å². The lowest BCUT2D eigenvalue weighted by molar-refractivity contribution is 0.201. The van der Waals surface area contributed by atoms with Crippen molar-refractivity contribution in [2.45, 2.75) is 12.6 Å². The Morgan fingerprint density at radius 1 is 0.950 bits per heavy atom. The van der Waals surface area contributed by atoms with Crippen LogP contribution in [-0.4, -0.2) is 25.0 Å². The molecule has 0 saturated carbocycles. The molecule has 1 heterocycles. The summed E-state index contributed by atoms with van der Waals surface area (Å²) in [6.45, 7) is 2.20. The molecular weight excluding hydrogens is 268 g/mol. The van der Waals surface area contributed by atoms with Gasteiger partial charge in [0.15, 0.2) is 0 Å². The lowest BCUT2D eigenvalue weighted by Gasteiger charge is -2.44. The molecule has 1 saturated heterocycles. The fourth-order valence-corrected chi connectivity index (χ4v) is 3.06. The second kappa shape index (κ2) is 5.86. The van der Waals surface area contributed by atoms with Crippen molar-refractivity contribution in [3.05, 3.63) is 65.2 Å².